The highest BCUT2D eigenvalue weighted by atomic mass is 79.9. The molecule has 1 saturated carbocycles. The average Bonchev–Trinajstić information content (AvgIpc) is 2.77. The lowest BCUT2D eigenvalue weighted by Crippen LogP contribution is -2.21. The summed E-state index contributed by atoms with van der Waals surface area (Å²) in [6.45, 7) is 0.523. The molecule has 1 N–H and O–H groups in total. The Kier molecular flexibility index (Phi) is 4.32. The fourth-order valence-corrected chi connectivity index (χ4v) is 2.33. The first-order valence-corrected chi connectivity index (χ1v) is 6.38. The molecule has 2 nitrogen and oxygen atoms in total. The lowest BCUT2D eigenvalue weighted by atomic mass is 10.2. The number of hydroxylamine groups is 1. The normalized spacial score (nSPS) is 16.9. The molecule has 1 fully saturated rings. The number of halogens is 2. The highest BCUT2D eigenvalue weighted by molar-refractivity contribution is 9.10. The number of hydrogen-bond acceptors (Lipinski definition) is 2. The van der Waals surface area contributed by atoms with E-state index in [1.165, 1.54) is 18.9 Å². The maximum Gasteiger partial charge on any atom is 0.137 e. The van der Waals surface area contributed by atoms with E-state index in [0.717, 1.165) is 18.4 Å². The molecule has 0 bridgehead atoms. The van der Waals surface area contributed by atoms with Crippen molar-refractivity contribution in [3.63, 3.8) is 0 Å². The third-order valence-corrected chi connectivity index (χ3v) is 3.73. The van der Waals surface area contributed by atoms with Crippen molar-refractivity contribution in [2.75, 3.05) is 0 Å². The van der Waals surface area contributed by atoms with Crippen molar-refractivity contribution in [2.45, 2.75) is 38.3 Å². The fraction of sp³-hybridized carbons (Fsp3) is 0.500. The number of hydrogen-bond donors (Lipinski definition) is 1. The van der Waals surface area contributed by atoms with E-state index in [1.807, 2.05) is 6.07 Å². The second kappa shape index (κ2) is 5.75. The lowest BCUT2D eigenvalue weighted by Gasteiger charge is -2.12. The second-order valence-corrected chi connectivity index (χ2v) is 4.85. The van der Waals surface area contributed by atoms with Crippen LogP contribution >= 0.6 is 15.9 Å². The van der Waals surface area contributed by atoms with E-state index in [1.54, 1.807) is 6.07 Å². The summed E-state index contributed by atoms with van der Waals surface area (Å²) in [6, 6.07) is 5.01. The first-order valence-electron chi connectivity index (χ1n) is 5.59. The third-order valence-electron chi connectivity index (χ3n) is 2.85. The summed E-state index contributed by atoms with van der Waals surface area (Å²) in [5, 5.41) is 0. The molecular formula is C12H15BrFNO. The molecule has 16 heavy (non-hydrogen) atoms. The van der Waals surface area contributed by atoms with Gasteiger partial charge in [-0.05, 0) is 40.4 Å². The van der Waals surface area contributed by atoms with Gasteiger partial charge in [-0.1, -0.05) is 25.0 Å². The van der Waals surface area contributed by atoms with Gasteiger partial charge in [0.1, 0.15) is 5.82 Å². The van der Waals surface area contributed by atoms with Gasteiger partial charge in [0.25, 0.3) is 0 Å². The smallest absolute Gasteiger partial charge is 0.137 e. The van der Waals surface area contributed by atoms with Crippen molar-refractivity contribution < 1.29 is 9.23 Å². The van der Waals surface area contributed by atoms with Crippen LogP contribution in [0.1, 0.15) is 31.2 Å². The van der Waals surface area contributed by atoms with Gasteiger partial charge in [-0.3, -0.25) is 4.84 Å². The molecule has 0 amide bonds. The molecule has 88 valence electrons. The van der Waals surface area contributed by atoms with Crippen molar-refractivity contribution in [1.82, 2.24) is 5.48 Å². The van der Waals surface area contributed by atoms with Crippen LogP contribution in [0.25, 0.3) is 0 Å². The highest BCUT2D eigenvalue weighted by Gasteiger charge is 2.15. The van der Waals surface area contributed by atoms with Crippen LogP contribution in [0.5, 0.6) is 0 Å². The summed E-state index contributed by atoms with van der Waals surface area (Å²) in [5.74, 6) is -0.236. The minimum Gasteiger partial charge on any atom is -0.298 e. The zero-order chi connectivity index (χ0) is 11.4. The first-order chi connectivity index (χ1) is 7.77. The maximum atomic E-state index is 13.2. The quantitative estimate of drug-likeness (QED) is 0.855. The second-order valence-electron chi connectivity index (χ2n) is 4.06. The summed E-state index contributed by atoms with van der Waals surface area (Å²) >= 11 is 3.22. The van der Waals surface area contributed by atoms with Crippen molar-refractivity contribution in [3.8, 4) is 0 Å². The Morgan fingerprint density at radius 2 is 2.12 bits per heavy atom. The van der Waals surface area contributed by atoms with Gasteiger partial charge < -0.3 is 0 Å². The Hall–Kier alpha value is -0.450. The minimum atomic E-state index is -0.236. The van der Waals surface area contributed by atoms with Crippen molar-refractivity contribution in [2.24, 2.45) is 0 Å². The Morgan fingerprint density at radius 3 is 2.88 bits per heavy atom. The Bertz CT molecular complexity index is 353. The molecule has 0 spiro atoms. The Balaban J connectivity index is 1.82. The van der Waals surface area contributed by atoms with Crippen LogP contribution in [-0.4, -0.2) is 6.10 Å². The van der Waals surface area contributed by atoms with Crippen LogP contribution in [0.15, 0.2) is 22.7 Å². The Labute approximate surface area is 103 Å². The predicted octanol–water partition coefficient (Wildman–Crippen LogP) is 3.55. The van der Waals surface area contributed by atoms with Crippen LogP contribution in [0.4, 0.5) is 4.39 Å². The zero-order valence-electron chi connectivity index (χ0n) is 9.01. The number of nitrogens with one attached hydrogen (secondary N) is 1. The monoisotopic (exact) mass is 287 g/mol. The molecule has 0 heterocycles. The standard InChI is InChI=1S/C12H15BrFNO/c13-12-9(4-3-7-11(12)14)8-15-16-10-5-1-2-6-10/h3-4,7,10,15H,1-2,5-6,8H2. The number of rotatable bonds is 4. The molecule has 0 unspecified atom stereocenters. The van der Waals surface area contributed by atoms with E-state index in [4.69, 9.17) is 4.84 Å². The molecule has 1 aliphatic carbocycles. The van der Waals surface area contributed by atoms with Crippen molar-refractivity contribution >= 4 is 15.9 Å². The van der Waals surface area contributed by atoms with Crippen molar-refractivity contribution in [1.29, 1.82) is 0 Å². The van der Waals surface area contributed by atoms with E-state index in [9.17, 15) is 4.39 Å². The Morgan fingerprint density at radius 1 is 1.38 bits per heavy atom. The van der Waals surface area contributed by atoms with Gasteiger partial charge in [0.05, 0.1) is 10.6 Å². The zero-order valence-corrected chi connectivity index (χ0v) is 10.6. The van der Waals surface area contributed by atoms with Gasteiger partial charge >= 0.3 is 0 Å². The lowest BCUT2D eigenvalue weighted by molar-refractivity contribution is -0.0245. The summed E-state index contributed by atoms with van der Waals surface area (Å²) in [4.78, 5) is 5.51. The van der Waals surface area contributed by atoms with Crippen LogP contribution in [0, 0.1) is 5.82 Å². The van der Waals surface area contributed by atoms with Crippen LogP contribution < -0.4 is 5.48 Å². The summed E-state index contributed by atoms with van der Waals surface area (Å²) < 4.78 is 13.7. The molecular weight excluding hydrogens is 273 g/mol. The molecule has 4 heteroatoms. The molecule has 0 atom stereocenters. The largest absolute Gasteiger partial charge is 0.298 e. The average molecular weight is 288 g/mol. The number of benzene rings is 1. The summed E-state index contributed by atoms with van der Waals surface area (Å²) in [7, 11) is 0. The summed E-state index contributed by atoms with van der Waals surface area (Å²) in [5.41, 5.74) is 3.79. The SMILES string of the molecule is Fc1cccc(CNOC2CCCC2)c1Br. The van der Waals surface area contributed by atoms with E-state index < -0.39 is 0 Å². The molecule has 0 saturated heterocycles. The van der Waals surface area contributed by atoms with Gasteiger partial charge in [-0.15, -0.1) is 0 Å². The third kappa shape index (κ3) is 3.03. The van der Waals surface area contributed by atoms with Crippen LogP contribution in [0.3, 0.4) is 0 Å². The topological polar surface area (TPSA) is 21.3 Å². The maximum absolute atomic E-state index is 13.2. The van der Waals surface area contributed by atoms with Crippen LogP contribution in [0.2, 0.25) is 0 Å². The molecule has 0 aliphatic heterocycles. The van der Waals surface area contributed by atoms with E-state index in [2.05, 4.69) is 21.4 Å². The molecule has 2 rings (SSSR count). The summed E-state index contributed by atoms with van der Waals surface area (Å²) in [6.07, 6.45) is 5.06. The van der Waals surface area contributed by atoms with Gasteiger partial charge in [0.15, 0.2) is 0 Å². The minimum absolute atomic E-state index is 0.236. The van der Waals surface area contributed by atoms with E-state index >= 15 is 0 Å². The molecule has 1 aliphatic rings. The predicted molar refractivity (Wildman–Crippen MR) is 64.3 cm³/mol. The van der Waals surface area contributed by atoms with Gasteiger partial charge in [-0.25, -0.2) is 4.39 Å². The van der Waals surface area contributed by atoms with Gasteiger partial charge in [0.2, 0.25) is 0 Å². The molecule has 0 aromatic heterocycles. The van der Waals surface area contributed by atoms with Crippen molar-refractivity contribution in [3.05, 3.63) is 34.1 Å². The first kappa shape index (κ1) is 12.0. The fourth-order valence-electron chi connectivity index (χ4n) is 1.93. The van der Waals surface area contributed by atoms with E-state index in [0.29, 0.717) is 17.1 Å². The van der Waals surface area contributed by atoms with E-state index in [-0.39, 0.29) is 5.82 Å². The molecule has 0 radical (unpaired) electrons. The molecule has 1 aromatic rings. The van der Waals surface area contributed by atoms with Gasteiger partial charge in [0, 0.05) is 6.54 Å². The molecule has 1 aromatic carbocycles. The highest BCUT2D eigenvalue weighted by Crippen LogP contribution is 2.22. The van der Waals surface area contributed by atoms with Crippen LogP contribution in [-0.2, 0) is 11.4 Å². The van der Waals surface area contributed by atoms with Gasteiger partial charge in [-0.2, -0.15) is 5.48 Å².